The second-order valence-corrected chi connectivity index (χ2v) is 5.24. The number of anilines is 1. The molecular weight excluding hydrogens is 371 g/mol. The molecule has 0 bridgehead atoms. The first-order chi connectivity index (χ1) is 10.7. The summed E-state index contributed by atoms with van der Waals surface area (Å²) < 4.78 is 1.55. The van der Waals surface area contributed by atoms with E-state index in [1.165, 1.54) is 0 Å². The van der Waals surface area contributed by atoms with Crippen LogP contribution in [0.4, 0.5) is 5.69 Å². The van der Waals surface area contributed by atoms with Crippen LogP contribution < -0.4 is 16.2 Å². The molecule has 1 aromatic heterocycles. The number of para-hydroxylation sites is 1. The zero-order valence-corrected chi connectivity index (χ0v) is 15.0. The van der Waals surface area contributed by atoms with E-state index in [-0.39, 0.29) is 30.4 Å². The number of rotatable bonds is 5. The maximum absolute atomic E-state index is 12.3. The molecule has 0 atom stereocenters. The minimum atomic E-state index is -0.0513. The van der Waals surface area contributed by atoms with Crippen molar-refractivity contribution in [2.24, 2.45) is 0 Å². The lowest BCUT2D eigenvalue weighted by Gasteiger charge is -2.10. The SMILES string of the molecule is Cl.Cl.O=c1c2ccccc2ncn1CNCNc1ccc(Cl)cc1. The predicted molar refractivity (Wildman–Crippen MR) is 104 cm³/mol. The number of nitrogens with zero attached hydrogens (tertiary/aromatic N) is 2. The Labute approximate surface area is 156 Å². The maximum atomic E-state index is 12.3. The van der Waals surface area contributed by atoms with Gasteiger partial charge >= 0.3 is 0 Å². The molecule has 0 saturated heterocycles. The quantitative estimate of drug-likeness (QED) is 0.519. The van der Waals surface area contributed by atoms with Crippen LogP contribution in [-0.4, -0.2) is 16.2 Å². The number of hydrogen-bond donors (Lipinski definition) is 2. The van der Waals surface area contributed by atoms with Crippen LogP contribution in [0.1, 0.15) is 0 Å². The summed E-state index contributed by atoms with van der Waals surface area (Å²) in [5.74, 6) is 0. The second-order valence-electron chi connectivity index (χ2n) is 4.81. The van der Waals surface area contributed by atoms with E-state index in [0.29, 0.717) is 29.3 Å². The van der Waals surface area contributed by atoms with Crippen molar-refractivity contribution in [2.75, 3.05) is 12.0 Å². The van der Waals surface area contributed by atoms with Crippen LogP contribution >= 0.6 is 36.4 Å². The van der Waals surface area contributed by atoms with Crippen molar-refractivity contribution >= 4 is 53.0 Å². The summed E-state index contributed by atoms with van der Waals surface area (Å²) >= 11 is 5.83. The van der Waals surface area contributed by atoms with Gasteiger partial charge in [0.2, 0.25) is 0 Å². The van der Waals surface area contributed by atoms with Crippen LogP contribution in [0.15, 0.2) is 59.7 Å². The van der Waals surface area contributed by atoms with Crippen molar-refractivity contribution in [1.29, 1.82) is 0 Å². The molecule has 24 heavy (non-hydrogen) atoms. The number of fused-ring (bicyclic) bond motifs is 1. The molecule has 2 N–H and O–H groups in total. The third-order valence-electron chi connectivity index (χ3n) is 3.28. The van der Waals surface area contributed by atoms with Gasteiger partial charge in [0.25, 0.3) is 5.56 Å². The molecule has 1 heterocycles. The van der Waals surface area contributed by atoms with Gasteiger partial charge < -0.3 is 5.32 Å². The van der Waals surface area contributed by atoms with Crippen LogP contribution in [-0.2, 0) is 6.67 Å². The Morgan fingerprint density at radius 3 is 2.50 bits per heavy atom. The van der Waals surface area contributed by atoms with E-state index in [0.717, 1.165) is 5.69 Å². The molecule has 5 nitrogen and oxygen atoms in total. The molecule has 0 unspecified atom stereocenters. The van der Waals surface area contributed by atoms with Gasteiger partial charge in [0.15, 0.2) is 0 Å². The van der Waals surface area contributed by atoms with Gasteiger partial charge in [-0.1, -0.05) is 23.7 Å². The highest BCUT2D eigenvalue weighted by molar-refractivity contribution is 6.30. The Bertz CT molecular complexity index is 837. The number of benzene rings is 2. The van der Waals surface area contributed by atoms with E-state index in [1.807, 2.05) is 42.5 Å². The number of hydrogen-bond acceptors (Lipinski definition) is 4. The minimum absolute atomic E-state index is 0. The molecule has 3 rings (SSSR count). The van der Waals surface area contributed by atoms with E-state index in [9.17, 15) is 4.79 Å². The molecule has 128 valence electrons. The average molecular weight is 388 g/mol. The fourth-order valence-corrected chi connectivity index (χ4v) is 2.25. The highest BCUT2D eigenvalue weighted by Gasteiger charge is 2.02. The van der Waals surface area contributed by atoms with Gasteiger partial charge in [-0.3, -0.25) is 14.7 Å². The smallest absolute Gasteiger partial charge is 0.262 e. The zero-order chi connectivity index (χ0) is 15.4. The highest BCUT2D eigenvalue weighted by Crippen LogP contribution is 2.12. The molecule has 0 radical (unpaired) electrons. The summed E-state index contributed by atoms with van der Waals surface area (Å²) in [6, 6.07) is 14.8. The van der Waals surface area contributed by atoms with Crippen molar-refractivity contribution in [2.45, 2.75) is 6.67 Å². The van der Waals surface area contributed by atoms with Crippen molar-refractivity contribution in [3.63, 3.8) is 0 Å². The van der Waals surface area contributed by atoms with Gasteiger partial charge in [0, 0.05) is 10.7 Å². The fraction of sp³-hybridized carbons (Fsp3) is 0.125. The first-order valence-electron chi connectivity index (χ1n) is 6.88. The van der Waals surface area contributed by atoms with Crippen molar-refractivity contribution in [3.05, 3.63) is 70.2 Å². The van der Waals surface area contributed by atoms with Gasteiger partial charge in [-0.05, 0) is 36.4 Å². The van der Waals surface area contributed by atoms with Gasteiger partial charge in [-0.2, -0.15) is 0 Å². The summed E-state index contributed by atoms with van der Waals surface area (Å²) in [5, 5.41) is 7.67. The van der Waals surface area contributed by atoms with Crippen LogP contribution in [0.2, 0.25) is 5.02 Å². The summed E-state index contributed by atoms with van der Waals surface area (Å²) in [4.78, 5) is 16.6. The van der Waals surface area contributed by atoms with Crippen LogP contribution in [0.3, 0.4) is 0 Å². The standard InChI is InChI=1S/C16H15ClN4O.2ClH/c17-12-5-7-13(8-6-12)19-9-18-10-21-11-20-15-4-2-1-3-14(15)16(21)22;;/h1-8,11,18-19H,9-10H2;2*1H. The van der Waals surface area contributed by atoms with Gasteiger partial charge in [-0.15, -0.1) is 24.8 Å². The molecular formula is C16H17Cl3N4O. The van der Waals surface area contributed by atoms with Crippen molar-refractivity contribution in [1.82, 2.24) is 14.9 Å². The van der Waals surface area contributed by atoms with Crippen LogP contribution in [0.25, 0.3) is 10.9 Å². The summed E-state index contributed by atoms with van der Waals surface area (Å²) in [6.45, 7) is 0.915. The molecule has 2 aromatic carbocycles. The zero-order valence-electron chi connectivity index (χ0n) is 12.6. The van der Waals surface area contributed by atoms with Crippen molar-refractivity contribution in [3.8, 4) is 0 Å². The first kappa shape index (κ1) is 20.3. The summed E-state index contributed by atoms with van der Waals surface area (Å²) in [7, 11) is 0. The topological polar surface area (TPSA) is 59.0 Å². The van der Waals surface area contributed by atoms with E-state index in [4.69, 9.17) is 11.6 Å². The lowest BCUT2D eigenvalue weighted by Crippen LogP contribution is -2.31. The third-order valence-corrected chi connectivity index (χ3v) is 3.53. The van der Waals surface area contributed by atoms with Crippen LogP contribution in [0, 0.1) is 0 Å². The van der Waals surface area contributed by atoms with Gasteiger partial charge in [0.1, 0.15) is 0 Å². The number of nitrogens with one attached hydrogen (secondary N) is 2. The molecule has 0 saturated carbocycles. The van der Waals surface area contributed by atoms with E-state index in [2.05, 4.69) is 15.6 Å². The van der Waals surface area contributed by atoms with Gasteiger partial charge in [0.05, 0.1) is 30.6 Å². The summed E-state index contributed by atoms with van der Waals surface area (Å²) in [5.41, 5.74) is 1.62. The number of aromatic nitrogens is 2. The molecule has 8 heteroatoms. The molecule has 0 aliphatic rings. The summed E-state index contributed by atoms with van der Waals surface area (Å²) in [6.07, 6.45) is 1.56. The monoisotopic (exact) mass is 386 g/mol. The van der Waals surface area contributed by atoms with Crippen molar-refractivity contribution < 1.29 is 0 Å². The Hall–Kier alpha value is -1.79. The largest absolute Gasteiger partial charge is 0.372 e. The normalized spacial score (nSPS) is 9.88. The fourth-order valence-electron chi connectivity index (χ4n) is 2.13. The molecule has 3 aromatic rings. The number of halogens is 3. The lowest BCUT2D eigenvalue weighted by molar-refractivity contribution is 0.561. The first-order valence-corrected chi connectivity index (χ1v) is 7.26. The predicted octanol–water partition coefficient (Wildman–Crippen LogP) is 3.51. The van der Waals surface area contributed by atoms with Crippen LogP contribution in [0.5, 0.6) is 0 Å². The van der Waals surface area contributed by atoms with E-state index >= 15 is 0 Å². The minimum Gasteiger partial charge on any atom is -0.372 e. The molecule has 0 spiro atoms. The average Bonchev–Trinajstić information content (AvgIpc) is 2.55. The Balaban J connectivity index is 0.00000144. The molecule has 0 amide bonds. The molecule has 0 fully saturated rings. The van der Waals surface area contributed by atoms with E-state index in [1.54, 1.807) is 17.0 Å². The maximum Gasteiger partial charge on any atom is 0.262 e. The van der Waals surface area contributed by atoms with E-state index < -0.39 is 0 Å². The lowest BCUT2D eigenvalue weighted by atomic mass is 10.2. The highest BCUT2D eigenvalue weighted by atomic mass is 35.5. The second kappa shape index (κ2) is 9.49. The molecule has 0 aliphatic carbocycles. The Morgan fingerprint density at radius 2 is 1.75 bits per heavy atom. The molecule has 0 aliphatic heterocycles. The third kappa shape index (κ3) is 4.85. The Morgan fingerprint density at radius 1 is 1.04 bits per heavy atom. The Kier molecular flexibility index (Phi) is 8.01. The van der Waals surface area contributed by atoms with Gasteiger partial charge in [-0.25, -0.2) is 4.98 Å².